The summed E-state index contributed by atoms with van der Waals surface area (Å²) < 4.78 is 5.60. The van der Waals surface area contributed by atoms with Gasteiger partial charge in [0.1, 0.15) is 12.3 Å². The first kappa shape index (κ1) is 18.0. The van der Waals surface area contributed by atoms with Gasteiger partial charge in [-0.1, -0.05) is 42.5 Å². The van der Waals surface area contributed by atoms with E-state index < -0.39 is 6.04 Å². The van der Waals surface area contributed by atoms with Crippen molar-refractivity contribution < 1.29 is 14.0 Å². The van der Waals surface area contributed by atoms with Crippen LogP contribution >= 0.6 is 0 Å². The number of rotatable bonds is 5. The average Bonchev–Trinajstić information content (AvgIpc) is 3.25. The van der Waals surface area contributed by atoms with Crippen LogP contribution in [0, 0.1) is 0 Å². The van der Waals surface area contributed by atoms with Crippen molar-refractivity contribution in [2.24, 2.45) is 0 Å². The van der Waals surface area contributed by atoms with Gasteiger partial charge in [-0.3, -0.25) is 19.8 Å². The van der Waals surface area contributed by atoms with E-state index in [9.17, 15) is 9.59 Å². The van der Waals surface area contributed by atoms with Crippen LogP contribution < -0.4 is 15.5 Å². The van der Waals surface area contributed by atoms with Gasteiger partial charge in [0.15, 0.2) is 0 Å². The number of fused-ring (bicyclic) bond motifs is 1. The number of furan rings is 1. The Bertz CT molecular complexity index is 970. The Labute approximate surface area is 163 Å². The van der Waals surface area contributed by atoms with E-state index in [4.69, 9.17) is 4.42 Å². The van der Waals surface area contributed by atoms with Gasteiger partial charge < -0.3 is 9.73 Å². The molecule has 0 saturated heterocycles. The molecular formula is C22H21N3O3. The summed E-state index contributed by atoms with van der Waals surface area (Å²) in [6, 6.07) is 20.0. The number of benzene rings is 2. The molecule has 0 fully saturated rings. The van der Waals surface area contributed by atoms with Crippen molar-refractivity contribution in [1.29, 1.82) is 0 Å². The largest absolute Gasteiger partial charge is 0.467 e. The molecule has 142 valence electrons. The molecule has 6 heteroatoms. The topological polar surface area (TPSA) is 74.6 Å². The normalized spacial score (nSPS) is 15.5. The highest BCUT2D eigenvalue weighted by Gasteiger charge is 2.31. The predicted octanol–water partition coefficient (Wildman–Crippen LogP) is 3.33. The van der Waals surface area contributed by atoms with E-state index in [0.717, 1.165) is 11.3 Å². The van der Waals surface area contributed by atoms with E-state index >= 15 is 0 Å². The summed E-state index contributed by atoms with van der Waals surface area (Å²) in [5.41, 5.74) is 2.34. The van der Waals surface area contributed by atoms with Crippen molar-refractivity contribution in [3.05, 3.63) is 84.3 Å². The lowest BCUT2D eigenvalue weighted by molar-refractivity contribution is -0.123. The minimum atomic E-state index is -0.533. The Morgan fingerprint density at radius 1 is 1.07 bits per heavy atom. The lowest BCUT2D eigenvalue weighted by Gasteiger charge is -2.32. The van der Waals surface area contributed by atoms with Crippen LogP contribution in [-0.2, 0) is 9.59 Å². The van der Waals surface area contributed by atoms with Crippen molar-refractivity contribution in [1.82, 2.24) is 5.32 Å². The molecule has 0 spiro atoms. The van der Waals surface area contributed by atoms with E-state index in [0.29, 0.717) is 11.4 Å². The Hall–Kier alpha value is -3.38. The minimum Gasteiger partial charge on any atom is -0.467 e. The minimum absolute atomic E-state index is 0.00137. The fourth-order valence-corrected chi connectivity index (χ4v) is 3.43. The second-order valence-corrected chi connectivity index (χ2v) is 6.74. The molecule has 1 aliphatic rings. The number of carbonyl (C=O) groups is 2. The molecule has 0 radical (unpaired) electrons. The van der Waals surface area contributed by atoms with Crippen LogP contribution in [-0.4, -0.2) is 24.4 Å². The van der Waals surface area contributed by atoms with Crippen LogP contribution in [0.25, 0.3) is 0 Å². The molecule has 1 aromatic heterocycles. The van der Waals surface area contributed by atoms with E-state index in [1.54, 1.807) is 19.3 Å². The monoisotopic (exact) mass is 375 g/mol. The van der Waals surface area contributed by atoms with Crippen LogP contribution in [0.2, 0.25) is 0 Å². The maximum atomic E-state index is 13.2. The van der Waals surface area contributed by atoms with E-state index in [2.05, 4.69) is 10.6 Å². The molecule has 0 aliphatic carbocycles. The highest BCUT2D eigenvalue weighted by molar-refractivity contribution is 6.11. The number of carbonyl (C=O) groups excluding carboxylic acids is 2. The third-order valence-corrected chi connectivity index (χ3v) is 4.78. The summed E-state index contributed by atoms with van der Waals surface area (Å²) in [5, 5.41) is 6.17. The van der Waals surface area contributed by atoms with Crippen molar-refractivity contribution in [3.63, 3.8) is 0 Å². The molecule has 4 rings (SSSR count). The Morgan fingerprint density at radius 2 is 1.82 bits per heavy atom. The summed E-state index contributed by atoms with van der Waals surface area (Å²) in [7, 11) is 0. The Kier molecular flexibility index (Phi) is 4.95. The van der Waals surface area contributed by atoms with Crippen molar-refractivity contribution >= 4 is 23.2 Å². The first-order valence-electron chi connectivity index (χ1n) is 9.18. The number of hydrogen-bond acceptors (Lipinski definition) is 4. The Morgan fingerprint density at radius 3 is 2.57 bits per heavy atom. The van der Waals surface area contributed by atoms with Crippen LogP contribution in [0.4, 0.5) is 11.4 Å². The summed E-state index contributed by atoms with van der Waals surface area (Å²) in [6.07, 6.45) is 1.62. The summed E-state index contributed by atoms with van der Waals surface area (Å²) in [4.78, 5) is 26.8. The molecule has 0 unspecified atom stereocenters. The SMILES string of the molecule is C[C@H](N[C@H](c1ccccc1)c1ccco1)C(=O)N1CC(=O)Nc2ccccc21. The number of amides is 2. The first-order chi connectivity index (χ1) is 13.6. The fraction of sp³-hybridized carbons (Fsp3) is 0.182. The third kappa shape index (κ3) is 3.54. The molecule has 2 aromatic carbocycles. The standard InChI is InChI=1S/C22H21N3O3/c1-15(22(27)25-14-20(26)24-17-10-5-6-11-18(17)25)23-21(19-12-7-13-28-19)16-8-3-2-4-9-16/h2-13,15,21,23H,14H2,1H3,(H,24,26)/t15-,21+/m0/s1. The van der Waals surface area contributed by atoms with Gasteiger partial charge in [0, 0.05) is 0 Å². The van der Waals surface area contributed by atoms with Gasteiger partial charge in [-0.05, 0) is 36.8 Å². The lowest BCUT2D eigenvalue weighted by atomic mass is 10.0. The number of nitrogens with one attached hydrogen (secondary N) is 2. The summed E-state index contributed by atoms with van der Waals surface area (Å²) in [5.74, 6) is 0.349. The van der Waals surface area contributed by atoms with Crippen LogP contribution in [0.15, 0.2) is 77.4 Å². The lowest BCUT2D eigenvalue weighted by Crippen LogP contribution is -2.50. The van der Waals surface area contributed by atoms with E-state index in [1.807, 2.05) is 60.7 Å². The molecule has 28 heavy (non-hydrogen) atoms. The maximum absolute atomic E-state index is 13.2. The van der Waals surface area contributed by atoms with Gasteiger partial charge in [-0.15, -0.1) is 0 Å². The highest BCUT2D eigenvalue weighted by atomic mass is 16.3. The van der Waals surface area contributed by atoms with Gasteiger partial charge in [-0.25, -0.2) is 0 Å². The van der Waals surface area contributed by atoms with Crippen LogP contribution in [0.3, 0.4) is 0 Å². The van der Waals surface area contributed by atoms with Crippen molar-refractivity contribution in [3.8, 4) is 0 Å². The summed E-state index contributed by atoms with van der Waals surface area (Å²) in [6.45, 7) is 1.80. The van der Waals surface area contributed by atoms with Crippen LogP contribution in [0.1, 0.15) is 24.3 Å². The smallest absolute Gasteiger partial charge is 0.244 e. The van der Waals surface area contributed by atoms with Gasteiger partial charge in [0.25, 0.3) is 0 Å². The number of para-hydroxylation sites is 2. The predicted molar refractivity (Wildman–Crippen MR) is 107 cm³/mol. The second-order valence-electron chi connectivity index (χ2n) is 6.74. The second kappa shape index (κ2) is 7.70. The zero-order valence-electron chi connectivity index (χ0n) is 15.5. The quantitative estimate of drug-likeness (QED) is 0.717. The van der Waals surface area contributed by atoms with E-state index in [1.165, 1.54) is 4.90 Å². The van der Waals surface area contributed by atoms with Gasteiger partial charge >= 0.3 is 0 Å². The number of hydrogen-bond donors (Lipinski definition) is 2. The fourth-order valence-electron chi connectivity index (χ4n) is 3.43. The van der Waals surface area contributed by atoms with Gasteiger partial charge in [-0.2, -0.15) is 0 Å². The molecule has 2 N–H and O–H groups in total. The summed E-state index contributed by atoms with van der Waals surface area (Å²) >= 11 is 0. The highest BCUT2D eigenvalue weighted by Crippen LogP contribution is 2.30. The molecule has 6 nitrogen and oxygen atoms in total. The maximum Gasteiger partial charge on any atom is 0.244 e. The van der Waals surface area contributed by atoms with Gasteiger partial charge in [0.2, 0.25) is 11.8 Å². The molecule has 2 heterocycles. The van der Waals surface area contributed by atoms with Crippen molar-refractivity contribution in [2.45, 2.75) is 19.0 Å². The average molecular weight is 375 g/mol. The van der Waals surface area contributed by atoms with Gasteiger partial charge in [0.05, 0.1) is 29.7 Å². The van der Waals surface area contributed by atoms with E-state index in [-0.39, 0.29) is 24.4 Å². The molecule has 1 aliphatic heterocycles. The number of nitrogens with zero attached hydrogens (tertiary/aromatic N) is 1. The first-order valence-corrected chi connectivity index (χ1v) is 9.18. The zero-order valence-corrected chi connectivity index (χ0v) is 15.5. The Balaban J connectivity index is 1.59. The zero-order chi connectivity index (χ0) is 19.5. The molecule has 3 aromatic rings. The third-order valence-electron chi connectivity index (χ3n) is 4.78. The van der Waals surface area contributed by atoms with Crippen LogP contribution in [0.5, 0.6) is 0 Å². The van der Waals surface area contributed by atoms with Crippen molar-refractivity contribution in [2.75, 3.05) is 16.8 Å². The molecular weight excluding hydrogens is 354 g/mol. The molecule has 2 amide bonds. The number of anilines is 2. The molecule has 2 atom stereocenters. The molecule has 0 bridgehead atoms. The molecule has 0 saturated carbocycles.